The molecule has 0 radical (unpaired) electrons. The summed E-state index contributed by atoms with van der Waals surface area (Å²) < 4.78 is 34.4. The lowest BCUT2D eigenvalue weighted by Gasteiger charge is -2.14. The van der Waals surface area contributed by atoms with Crippen LogP contribution in [0.25, 0.3) is 56.7 Å². The number of ether oxygens (including phenoxy) is 3. The predicted octanol–water partition coefficient (Wildman–Crippen LogP) is 8.86. The van der Waals surface area contributed by atoms with Crippen LogP contribution in [-0.2, 0) is 4.89 Å². The maximum Gasteiger partial charge on any atom is 0.389 e. The summed E-state index contributed by atoms with van der Waals surface area (Å²) in [5, 5.41) is 42.1. The second-order valence-electron chi connectivity index (χ2n) is 13.7. The number of rotatable bonds is 13. The standard InChI is InChI=1S/C47H35FN4O11/c1-59-29-15-18-32(40(55)23-29)45-49-36(30-8-4-6-10-38(30)53)24-51(45)28-14-17-34(43(22-28)61-3)47(58)63-62-41-19-12-26(48)20-35(41)37-25-52(44(50-37)31-9-5-7-11-39(31)54)27-13-16-33(46(56)57)42(21-27)60-2/h4-25,53-55H,1-3H3,(H,56,57). The van der Waals surface area contributed by atoms with Crippen molar-refractivity contribution in [2.24, 2.45) is 0 Å². The summed E-state index contributed by atoms with van der Waals surface area (Å²) in [5.74, 6) is -2.16. The number of phenols is 3. The van der Waals surface area contributed by atoms with E-state index in [4.69, 9.17) is 34.0 Å². The first-order chi connectivity index (χ1) is 30.5. The summed E-state index contributed by atoms with van der Waals surface area (Å²) in [5.41, 5.74) is 2.36. The van der Waals surface area contributed by atoms with Crippen molar-refractivity contribution in [3.63, 3.8) is 0 Å². The molecule has 2 heterocycles. The quantitative estimate of drug-likeness (QED) is 0.0635. The monoisotopic (exact) mass is 850 g/mol. The third-order valence-electron chi connectivity index (χ3n) is 9.98. The molecule has 15 nitrogen and oxygen atoms in total. The van der Waals surface area contributed by atoms with Crippen molar-refractivity contribution in [1.29, 1.82) is 0 Å². The van der Waals surface area contributed by atoms with Crippen LogP contribution in [0.15, 0.2) is 134 Å². The van der Waals surface area contributed by atoms with E-state index in [-0.39, 0.29) is 62.7 Å². The fourth-order valence-electron chi connectivity index (χ4n) is 6.88. The Kier molecular flexibility index (Phi) is 11.1. The molecule has 316 valence electrons. The van der Waals surface area contributed by atoms with Gasteiger partial charge in [-0.1, -0.05) is 24.3 Å². The highest BCUT2D eigenvalue weighted by Crippen LogP contribution is 2.40. The van der Waals surface area contributed by atoms with Gasteiger partial charge in [0, 0.05) is 36.2 Å². The van der Waals surface area contributed by atoms with Gasteiger partial charge in [0.2, 0.25) is 0 Å². The molecule has 0 spiro atoms. The number of aromatic hydroxyl groups is 3. The molecular formula is C47H35FN4O11. The molecule has 0 bridgehead atoms. The van der Waals surface area contributed by atoms with E-state index < -0.39 is 17.8 Å². The number of hydrogen-bond acceptors (Lipinski definition) is 12. The smallest absolute Gasteiger partial charge is 0.389 e. The molecule has 4 N–H and O–H groups in total. The number of carboxylic acids is 1. The zero-order valence-corrected chi connectivity index (χ0v) is 33.5. The average Bonchev–Trinajstić information content (AvgIpc) is 3.94. The molecule has 8 aromatic rings. The summed E-state index contributed by atoms with van der Waals surface area (Å²) in [6.45, 7) is 0. The number of phenolic OH excluding ortho intramolecular Hbond substituents is 3. The number of nitrogens with zero attached hydrogens (tertiary/aromatic N) is 4. The van der Waals surface area contributed by atoms with Crippen molar-refractivity contribution < 1.29 is 58.4 Å². The molecule has 0 aliphatic carbocycles. The van der Waals surface area contributed by atoms with Gasteiger partial charge in [-0.25, -0.2) is 28.8 Å². The molecule has 63 heavy (non-hydrogen) atoms. The SMILES string of the molecule is COc1ccc(-c2nc(-c3ccccc3O)cn2-c2ccc(C(=O)OOc3ccc(F)cc3-c3cn(-c4ccc(C(=O)O)c(OC)c4)c(-c4ccccc4O)n3)c(OC)c2)c(O)c1. The molecular weight excluding hydrogens is 816 g/mol. The second kappa shape index (κ2) is 17.1. The van der Waals surface area contributed by atoms with E-state index in [2.05, 4.69) is 0 Å². The van der Waals surface area contributed by atoms with Crippen LogP contribution in [0.1, 0.15) is 20.7 Å². The van der Waals surface area contributed by atoms with Crippen LogP contribution >= 0.6 is 0 Å². The van der Waals surface area contributed by atoms with E-state index in [0.717, 1.165) is 12.1 Å². The van der Waals surface area contributed by atoms with Gasteiger partial charge in [-0.2, -0.15) is 0 Å². The van der Waals surface area contributed by atoms with Crippen LogP contribution in [-0.4, -0.2) is 72.8 Å². The first-order valence-corrected chi connectivity index (χ1v) is 18.9. The van der Waals surface area contributed by atoms with Crippen molar-refractivity contribution in [2.45, 2.75) is 0 Å². The molecule has 2 aromatic heterocycles. The summed E-state index contributed by atoms with van der Waals surface area (Å²) in [7, 11) is 4.16. The van der Waals surface area contributed by atoms with Gasteiger partial charge in [0.25, 0.3) is 0 Å². The third-order valence-corrected chi connectivity index (χ3v) is 9.98. The number of imidazole rings is 2. The Morgan fingerprint density at radius 2 is 1.11 bits per heavy atom. The van der Waals surface area contributed by atoms with Crippen LogP contribution in [0.5, 0.6) is 40.2 Å². The summed E-state index contributed by atoms with van der Waals surface area (Å²) in [4.78, 5) is 45.9. The Labute approximate surface area is 357 Å². The van der Waals surface area contributed by atoms with Gasteiger partial charge < -0.3 is 34.6 Å². The molecule has 6 aromatic carbocycles. The van der Waals surface area contributed by atoms with Gasteiger partial charge in [0.15, 0.2) is 5.75 Å². The van der Waals surface area contributed by atoms with Gasteiger partial charge in [-0.15, -0.1) is 0 Å². The van der Waals surface area contributed by atoms with E-state index in [0.29, 0.717) is 45.3 Å². The molecule has 0 atom stereocenters. The minimum atomic E-state index is -1.20. The van der Waals surface area contributed by atoms with E-state index in [1.807, 2.05) is 0 Å². The summed E-state index contributed by atoms with van der Waals surface area (Å²) in [6, 6.07) is 30.2. The number of carboxylic acid groups (broad SMARTS) is 1. The zero-order chi connectivity index (χ0) is 44.4. The highest BCUT2D eigenvalue weighted by atomic mass is 19.1. The lowest BCUT2D eigenvalue weighted by molar-refractivity contribution is -0.149. The summed E-state index contributed by atoms with van der Waals surface area (Å²) >= 11 is 0. The van der Waals surface area contributed by atoms with Gasteiger partial charge in [-0.05, 0) is 78.9 Å². The van der Waals surface area contributed by atoms with Crippen LogP contribution in [0, 0.1) is 5.82 Å². The number of aromatic carboxylic acids is 1. The Morgan fingerprint density at radius 1 is 0.556 bits per heavy atom. The predicted molar refractivity (Wildman–Crippen MR) is 226 cm³/mol. The lowest BCUT2D eigenvalue weighted by Crippen LogP contribution is -2.11. The fraction of sp³-hybridized carbons (Fsp3) is 0.0638. The molecule has 0 aliphatic heterocycles. The lowest BCUT2D eigenvalue weighted by atomic mass is 10.1. The second-order valence-corrected chi connectivity index (χ2v) is 13.7. The van der Waals surface area contributed by atoms with Crippen LogP contribution in [0.3, 0.4) is 0 Å². The minimum absolute atomic E-state index is 0.00939. The number of carbonyl (C=O) groups is 2. The van der Waals surface area contributed by atoms with Crippen molar-refractivity contribution in [1.82, 2.24) is 19.1 Å². The Balaban J connectivity index is 1.13. The Morgan fingerprint density at radius 3 is 1.68 bits per heavy atom. The zero-order valence-electron chi connectivity index (χ0n) is 33.5. The number of carbonyl (C=O) groups excluding carboxylic acids is 1. The first kappa shape index (κ1) is 41.0. The molecule has 0 saturated heterocycles. The highest BCUT2D eigenvalue weighted by molar-refractivity contribution is 5.93. The van der Waals surface area contributed by atoms with Gasteiger partial charge in [-0.3, -0.25) is 14.0 Å². The molecule has 0 amide bonds. The van der Waals surface area contributed by atoms with E-state index in [9.17, 15) is 34.4 Å². The maximum absolute atomic E-state index is 15.0. The molecule has 0 aliphatic rings. The number of halogens is 1. The number of para-hydroxylation sites is 2. The fourth-order valence-corrected chi connectivity index (χ4v) is 6.88. The topological polar surface area (TPSA) is 197 Å². The first-order valence-electron chi connectivity index (χ1n) is 18.9. The number of methoxy groups -OCH3 is 3. The van der Waals surface area contributed by atoms with Crippen LogP contribution in [0.4, 0.5) is 4.39 Å². The van der Waals surface area contributed by atoms with Crippen molar-refractivity contribution in [3.05, 3.63) is 151 Å². The van der Waals surface area contributed by atoms with E-state index >= 15 is 0 Å². The molecule has 16 heteroatoms. The van der Waals surface area contributed by atoms with Crippen LogP contribution in [0.2, 0.25) is 0 Å². The van der Waals surface area contributed by atoms with Crippen molar-refractivity contribution in [3.8, 4) is 96.9 Å². The van der Waals surface area contributed by atoms with Gasteiger partial charge >= 0.3 is 11.9 Å². The Bertz CT molecular complexity index is 3050. The normalized spacial score (nSPS) is 10.9. The van der Waals surface area contributed by atoms with Gasteiger partial charge in [0.1, 0.15) is 63.1 Å². The summed E-state index contributed by atoms with van der Waals surface area (Å²) in [6.07, 6.45) is 3.18. The third kappa shape index (κ3) is 7.98. The largest absolute Gasteiger partial charge is 0.507 e. The Hall–Kier alpha value is -8.79. The van der Waals surface area contributed by atoms with Crippen LogP contribution < -0.4 is 19.1 Å². The molecule has 0 unspecified atom stereocenters. The van der Waals surface area contributed by atoms with E-state index in [1.165, 1.54) is 76.1 Å². The molecule has 0 saturated carbocycles. The minimum Gasteiger partial charge on any atom is -0.507 e. The number of hydrogen-bond donors (Lipinski definition) is 4. The number of benzene rings is 6. The van der Waals surface area contributed by atoms with Gasteiger partial charge in [0.05, 0.1) is 60.8 Å². The van der Waals surface area contributed by atoms with E-state index in [1.54, 1.807) is 76.0 Å². The maximum atomic E-state index is 15.0. The highest BCUT2D eigenvalue weighted by Gasteiger charge is 2.24. The van der Waals surface area contributed by atoms with Crippen molar-refractivity contribution >= 4 is 11.9 Å². The van der Waals surface area contributed by atoms with Crippen molar-refractivity contribution in [2.75, 3.05) is 21.3 Å². The average molecular weight is 851 g/mol. The number of aromatic nitrogens is 4. The molecule has 0 fully saturated rings. The molecule has 8 rings (SSSR count).